The topological polar surface area (TPSA) is 50.9 Å². The second-order valence-corrected chi connectivity index (χ2v) is 6.24. The number of nitrogens with zero attached hydrogens (tertiary/aromatic N) is 1. The average Bonchev–Trinajstić information content (AvgIpc) is 2.46. The van der Waals surface area contributed by atoms with Crippen molar-refractivity contribution in [1.82, 2.24) is 10.4 Å². The molecule has 0 amide bonds. The SMILES string of the molecule is CCc1ccc(CC(NN)C2CCCCS2)nc1. The zero-order chi connectivity index (χ0) is 12.8. The number of hydrogen-bond acceptors (Lipinski definition) is 4. The number of nitrogens with one attached hydrogen (secondary N) is 1. The van der Waals surface area contributed by atoms with Gasteiger partial charge in [0, 0.05) is 29.6 Å². The molecule has 0 aromatic carbocycles. The molecule has 4 heteroatoms. The van der Waals surface area contributed by atoms with Gasteiger partial charge < -0.3 is 0 Å². The van der Waals surface area contributed by atoms with Crippen molar-refractivity contribution < 1.29 is 0 Å². The molecule has 0 aliphatic carbocycles. The molecular formula is C14H23N3S. The minimum atomic E-state index is 0.343. The number of rotatable bonds is 5. The number of pyridine rings is 1. The van der Waals surface area contributed by atoms with E-state index in [1.807, 2.05) is 6.20 Å². The molecular weight excluding hydrogens is 242 g/mol. The fourth-order valence-electron chi connectivity index (χ4n) is 2.39. The van der Waals surface area contributed by atoms with Crippen molar-refractivity contribution in [2.24, 2.45) is 5.84 Å². The van der Waals surface area contributed by atoms with Gasteiger partial charge >= 0.3 is 0 Å². The van der Waals surface area contributed by atoms with Crippen molar-refractivity contribution in [3.8, 4) is 0 Å². The summed E-state index contributed by atoms with van der Waals surface area (Å²) in [5, 5.41) is 0.636. The molecule has 2 atom stereocenters. The lowest BCUT2D eigenvalue weighted by molar-refractivity contribution is 0.468. The standard InChI is InChI=1S/C14H23N3S/c1-2-11-6-7-12(16-10-11)9-13(17-15)14-5-3-4-8-18-14/h6-7,10,13-14,17H,2-5,8-9,15H2,1H3. The Morgan fingerprint density at radius 3 is 2.94 bits per heavy atom. The van der Waals surface area contributed by atoms with Crippen LogP contribution in [0.25, 0.3) is 0 Å². The molecule has 1 fully saturated rings. The van der Waals surface area contributed by atoms with Crippen molar-refractivity contribution in [2.45, 2.75) is 50.3 Å². The van der Waals surface area contributed by atoms with Gasteiger partial charge in [-0.05, 0) is 36.6 Å². The van der Waals surface area contributed by atoms with E-state index in [9.17, 15) is 0 Å². The summed E-state index contributed by atoms with van der Waals surface area (Å²) in [5.74, 6) is 6.99. The van der Waals surface area contributed by atoms with Gasteiger partial charge in [0.15, 0.2) is 0 Å². The Morgan fingerprint density at radius 2 is 2.39 bits per heavy atom. The maximum atomic E-state index is 5.72. The van der Waals surface area contributed by atoms with Crippen LogP contribution in [-0.2, 0) is 12.8 Å². The van der Waals surface area contributed by atoms with Crippen molar-refractivity contribution in [2.75, 3.05) is 5.75 Å². The van der Waals surface area contributed by atoms with Crippen LogP contribution in [-0.4, -0.2) is 22.0 Å². The van der Waals surface area contributed by atoms with Crippen LogP contribution in [0.4, 0.5) is 0 Å². The molecule has 3 N–H and O–H groups in total. The van der Waals surface area contributed by atoms with Gasteiger partial charge in [0.25, 0.3) is 0 Å². The molecule has 1 aliphatic heterocycles. The predicted molar refractivity (Wildman–Crippen MR) is 78.5 cm³/mol. The lowest BCUT2D eigenvalue weighted by atomic mass is 10.0. The number of nitrogens with two attached hydrogens (primary N) is 1. The van der Waals surface area contributed by atoms with E-state index >= 15 is 0 Å². The molecule has 0 radical (unpaired) electrons. The van der Waals surface area contributed by atoms with Crippen molar-refractivity contribution in [3.05, 3.63) is 29.6 Å². The quantitative estimate of drug-likeness (QED) is 0.633. The largest absolute Gasteiger partial charge is 0.271 e. The Bertz CT molecular complexity index is 347. The maximum Gasteiger partial charge on any atom is 0.0420 e. The molecule has 1 aromatic heterocycles. The molecule has 18 heavy (non-hydrogen) atoms. The van der Waals surface area contributed by atoms with E-state index in [1.54, 1.807) is 0 Å². The van der Waals surface area contributed by atoms with E-state index < -0.39 is 0 Å². The Labute approximate surface area is 114 Å². The number of aryl methyl sites for hydroxylation is 1. The van der Waals surface area contributed by atoms with E-state index in [1.165, 1.54) is 30.6 Å². The van der Waals surface area contributed by atoms with Gasteiger partial charge in [0.1, 0.15) is 0 Å². The molecule has 0 bridgehead atoms. The van der Waals surface area contributed by atoms with Crippen LogP contribution < -0.4 is 11.3 Å². The highest BCUT2D eigenvalue weighted by molar-refractivity contribution is 8.00. The highest BCUT2D eigenvalue weighted by Crippen LogP contribution is 2.28. The number of thioether (sulfide) groups is 1. The molecule has 3 nitrogen and oxygen atoms in total. The number of hydrazine groups is 1. The highest BCUT2D eigenvalue weighted by Gasteiger charge is 2.23. The van der Waals surface area contributed by atoms with Crippen molar-refractivity contribution >= 4 is 11.8 Å². The molecule has 0 saturated carbocycles. The van der Waals surface area contributed by atoms with Gasteiger partial charge in [-0.15, -0.1) is 0 Å². The summed E-state index contributed by atoms with van der Waals surface area (Å²) in [7, 11) is 0. The third-order valence-corrected chi connectivity index (χ3v) is 5.12. The number of hydrogen-bond donors (Lipinski definition) is 2. The normalized spacial score (nSPS) is 21.8. The summed E-state index contributed by atoms with van der Waals surface area (Å²) in [4.78, 5) is 4.53. The summed E-state index contributed by atoms with van der Waals surface area (Å²) in [6, 6.07) is 4.65. The average molecular weight is 265 g/mol. The molecule has 2 rings (SSSR count). The van der Waals surface area contributed by atoms with E-state index in [0.717, 1.165) is 18.5 Å². The van der Waals surface area contributed by atoms with Crippen molar-refractivity contribution in [1.29, 1.82) is 0 Å². The second kappa shape index (κ2) is 7.12. The molecule has 0 spiro atoms. The first kappa shape index (κ1) is 13.8. The van der Waals surface area contributed by atoms with Crippen LogP contribution in [0.3, 0.4) is 0 Å². The van der Waals surface area contributed by atoms with E-state index in [4.69, 9.17) is 5.84 Å². The first-order chi connectivity index (χ1) is 8.83. The third kappa shape index (κ3) is 3.70. The van der Waals surface area contributed by atoms with Gasteiger partial charge in [-0.25, -0.2) is 0 Å². The zero-order valence-corrected chi connectivity index (χ0v) is 11.9. The van der Waals surface area contributed by atoms with Gasteiger partial charge in [0.2, 0.25) is 0 Å². The van der Waals surface area contributed by atoms with Crippen LogP contribution in [0.15, 0.2) is 18.3 Å². The molecule has 2 heterocycles. The molecule has 1 aromatic rings. The summed E-state index contributed by atoms with van der Waals surface area (Å²) < 4.78 is 0. The summed E-state index contributed by atoms with van der Waals surface area (Å²) >= 11 is 2.05. The van der Waals surface area contributed by atoms with Crippen LogP contribution in [0, 0.1) is 0 Å². The molecule has 1 saturated heterocycles. The first-order valence-corrected chi connectivity index (χ1v) is 7.90. The van der Waals surface area contributed by atoms with Gasteiger partial charge in [-0.2, -0.15) is 11.8 Å². The minimum absolute atomic E-state index is 0.343. The maximum absolute atomic E-state index is 5.72. The zero-order valence-electron chi connectivity index (χ0n) is 11.1. The van der Waals surface area contributed by atoms with Gasteiger partial charge in [0.05, 0.1) is 0 Å². The van der Waals surface area contributed by atoms with Crippen LogP contribution in [0.1, 0.15) is 37.4 Å². The first-order valence-electron chi connectivity index (χ1n) is 6.85. The fraction of sp³-hybridized carbons (Fsp3) is 0.643. The Hall–Kier alpha value is -0.580. The summed E-state index contributed by atoms with van der Waals surface area (Å²) in [6.07, 6.45) is 7.91. The second-order valence-electron chi connectivity index (χ2n) is 4.89. The minimum Gasteiger partial charge on any atom is -0.271 e. The molecule has 1 aliphatic rings. The van der Waals surface area contributed by atoms with Crippen LogP contribution in [0.5, 0.6) is 0 Å². The predicted octanol–water partition coefficient (Wildman–Crippen LogP) is 2.30. The third-order valence-electron chi connectivity index (χ3n) is 3.60. The Morgan fingerprint density at radius 1 is 1.50 bits per heavy atom. The highest BCUT2D eigenvalue weighted by atomic mass is 32.2. The fourth-order valence-corrected chi connectivity index (χ4v) is 3.80. The van der Waals surface area contributed by atoms with Crippen molar-refractivity contribution in [3.63, 3.8) is 0 Å². The van der Waals surface area contributed by atoms with E-state index in [2.05, 4.69) is 41.2 Å². The monoisotopic (exact) mass is 265 g/mol. The Balaban J connectivity index is 1.95. The smallest absolute Gasteiger partial charge is 0.0420 e. The summed E-state index contributed by atoms with van der Waals surface area (Å²) in [6.45, 7) is 2.15. The number of aromatic nitrogens is 1. The Kier molecular flexibility index (Phi) is 5.47. The van der Waals surface area contributed by atoms with Crippen LogP contribution >= 0.6 is 11.8 Å². The molecule has 100 valence electrons. The lowest BCUT2D eigenvalue weighted by Gasteiger charge is -2.29. The van der Waals surface area contributed by atoms with Crippen LogP contribution in [0.2, 0.25) is 0 Å². The van der Waals surface area contributed by atoms with Gasteiger partial charge in [-0.1, -0.05) is 19.4 Å². The van der Waals surface area contributed by atoms with E-state index in [0.29, 0.717) is 11.3 Å². The molecule has 2 unspecified atom stereocenters. The lowest BCUT2D eigenvalue weighted by Crippen LogP contribution is -2.45. The summed E-state index contributed by atoms with van der Waals surface area (Å²) in [5.41, 5.74) is 5.42. The van der Waals surface area contributed by atoms with E-state index in [-0.39, 0.29) is 0 Å². The van der Waals surface area contributed by atoms with Gasteiger partial charge in [-0.3, -0.25) is 16.3 Å².